The highest BCUT2D eigenvalue weighted by molar-refractivity contribution is 5.94. The second-order valence-electron chi connectivity index (χ2n) is 4.50. The summed E-state index contributed by atoms with van der Waals surface area (Å²) >= 11 is 0. The Bertz CT molecular complexity index is 451. The van der Waals surface area contributed by atoms with Crippen molar-refractivity contribution in [2.24, 2.45) is 7.05 Å². The van der Waals surface area contributed by atoms with E-state index in [0.29, 0.717) is 5.56 Å². The molecule has 0 aliphatic carbocycles. The molecule has 1 heterocycles. The lowest BCUT2D eigenvalue weighted by atomic mass is 10.2. The topological polar surface area (TPSA) is 54.3 Å². The third-order valence-corrected chi connectivity index (χ3v) is 2.38. The summed E-state index contributed by atoms with van der Waals surface area (Å²) in [6.07, 6.45) is 1.59. The number of nitrogens with zero attached hydrogens (tertiary/aromatic N) is 2. The van der Waals surface area contributed by atoms with Gasteiger partial charge in [-0.25, -0.2) is 0 Å². The summed E-state index contributed by atoms with van der Waals surface area (Å²) in [5.41, 5.74) is 0.219. The highest BCUT2D eigenvalue weighted by Crippen LogP contribution is 1.96. The molecule has 1 atom stereocenters. The largest absolute Gasteiger partial charge is 0.348 e. The summed E-state index contributed by atoms with van der Waals surface area (Å²) in [6.45, 7) is 2.69. The molecule has 1 N–H and O–H groups in total. The van der Waals surface area contributed by atoms with Crippen LogP contribution in [0.25, 0.3) is 0 Å². The molecule has 1 amide bonds. The summed E-state index contributed by atoms with van der Waals surface area (Å²) in [4.78, 5) is 25.2. The molecular formula is C12H19N3O2. The van der Waals surface area contributed by atoms with Gasteiger partial charge >= 0.3 is 0 Å². The van der Waals surface area contributed by atoms with E-state index in [0.717, 1.165) is 6.54 Å². The molecule has 0 aromatic carbocycles. The number of likely N-dealkylation sites (N-methyl/N-ethyl adjacent to an activating group) is 1. The summed E-state index contributed by atoms with van der Waals surface area (Å²) < 4.78 is 1.43. The molecule has 1 unspecified atom stereocenters. The first-order chi connectivity index (χ1) is 7.90. The maximum absolute atomic E-state index is 11.8. The van der Waals surface area contributed by atoms with Gasteiger partial charge in [0, 0.05) is 37.5 Å². The van der Waals surface area contributed by atoms with Crippen LogP contribution in [-0.2, 0) is 7.05 Å². The Morgan fingerprint density at radius 2 is 2.18 bits per heavy atom. The van der Waals surface area contributed by atoms with Crippen molar-refractivity contribution in [3.8, 4) is 0 Å². The number of nitrogens with one attached hydrogen (secondary N) is 1. The Morgan fingerprint density at radius 1 is 1.53 bits per heavy atom. The van der Waals surface area contributed by atoms with Gasteiger partial charge in [-0.1, -0.05) is 0 Å². The average Bonchev–Trinajstić information content (AvgIpc) is 2.20. The smallest absolute Gasteiger partial charge is 0.251 e. The van der Waals surface area contributed by atoms with E-state index in [2.05, 4.69) is 5.32 Å². The van der Waals surface area contributed by atoms with E-state index in [1.165, 1.54) is 10.6 Å². The number of carbonyl (C=O) groups excluding carboxylic acids is 1. The highest BCUT2D eigenvalue weighted by atomic mass is 16.2. The molecule has 0 spiro atoms. The Morgan fingerprint density at radius 3 is 2.71 bits per heavy atom. The van der Waals surface area contributed by atoms with Gasteiger partial charge < -0.3 is 14.8 Å². The number of aryl methyl sites for hydroxylation is 1. The molecular weight excluding hydrogens is 218 g/mol. The minimum absolute atomic E-state index is 0.0431. The van der Waals surface area contributed by atoms with E-state index in [1.807, 2.05) is 25.9 Å². The van der Waals surface area contributed by atoms with Crippen molar-refractivity contribution in [2.45, 2.75) is 13.0 Å². The summed E-state index contributed by atoms with van der Waals surface area (Å²) in [5, 5.41) is 2.85. The Hall–Kier alpha value is -1.62. The molecule has 0 saturated carbocycles. The minimum atomic E-state index is -0.211. The van der Waals surface area contributed by atoms with Crippen LogP contribution in [0.5, 0.6) is 0 Å². The maximum Gasteiger partial charge on any atom is 0.251 e. The second kappa shape index (κ2) is 5.63. The van der Waals surface area contributed by atoms with Crippen LogP contribution in [0.3, 0.4) is 0 Å². The molecule has 0 radical (unpaired) electrons. The van der Waals surface area contributed by atoms with Crippen LogP contribution < -0.4 is 10.9 Å². The predicted octanol–water partition coefficient (Wildman–Crippen LogP) is 0.0652. The number of amides is 1. The fourth-order valence-electron chi connectivity index (χ4n) is 1.59. The number of carbonyl (C=O) groups is 1. The monoisotopic (exact) mass is 237 g/mol. The van der Waals surface area contributed by atoms with Gasteiger partial charge in [0.2, 0.25) is 0 Å². The van der Waals surface area contributed by atoms with E-state index in [9.17, 15) is 9.59 Å². The van der Waals surface area contributed by atoms with Gasteiger partial charge in [-0.2, -0.15) is 0 Å². The van der Waals surface area contributed by atoms with E-state index in [4.69, 9.17) is 0 Å². The molecule has 0 fully saturated rings. The number of hydrogen-bond donors (Lipinski definition) is 1. The summed E-state index contributed by atoms with van der Waals surface area (Å²) in [6, 6.07) is 3.03. The molecule has 94 valence electrons. The normalized spacial score (nSPS) is 12.5. The molecule has 1 rings (SSSR count). The maximum atomic E-state index is 11.8. The fourth-order valence-corrected chi connectivity index (χ4v) is 1.59. The van der Waals surface area contributed by atoms with Crippen LogP contribution in [0.15, 0.2) is 23.1 Å². The van der Waals surface area contributed by atoms with Gasteiger partial charge in [-0.3, -0.25) is 9.59 Å². The molecule has 0 aliphatic rings. The zero-order valence-corrected chi connectivity index (χ0v) is 10.7. The number of rotatable bonds is 4. The van der Waals surface area contributed by atoms with Gasteiger partial charge in [-0.15, -0.1) is 0 Å². The Labute approximate surface area is 101 Å². The molecule has 1 aromatic heterocycles. The molecule has 1 aromatic rings. The van der Waals surface area contributed by atoms with Crippen molar-refractivity contribution >= 4 is 5.91 Å². The first-order valence-corrected chi connectivity index (χ1v) is 5.52. The number of hydrogen-bond acceptors (Lipinski definition) is 3. The van der Waals surface area contributed by atoms with Crippen molar-refractivity contribution in [1.82, 2.24) is 14.8 Å². The van der Waals surface area contributed by atoms with Crippen molar-refractivity contribution in [1.29, 1.82) is 0 Å². The van der Waals surface area contributed by atoms with Gasteiger partial charge in [0.05, 0.1) is 0 Å². The SMILES string of the molecule is CC(CN(C)C)NC(=O)c1ccn(C)c(=O)c1. The number of pyridine rings is 1. The number of aromatic nitrogens is 1. The predicted molar refractivity (Wildman–Crippen MR) is 67.2 cm³/mol. The third-order valence-electron chi connectivity index (χ3n) is 2.38. The lowest BCUT2D eigenvalue weighted by molar-refractivity contribution is 0.0934. The van der Waals surface area contributed by atoms with Crippen LogP contribution in [0.2, 0.25) is 0 Å². The lowest BCUT2D eigenvalue weighted by Gasteiger charge is -2.18. The van der Waals surface area contributed by atoms with Crippen LogP contribution in [-0.4, -0.2) is 42.1 Å². The quantitative estimate of drug-likeness (QED) is 0.806. The zero-order chi connectivity index (χ0) is 13.0. The van der Waals surface area contributed by atoms with Crippen LogP contribution >= 0.6 is 0 Å². The molecule has 0 aliphatic heterocycles. The molecule has 5 nitrogen and oxygen atoms in total. The van der Waals surface area contributed by atoms with Gasteiger partial charge in [0.25, 0.3) is 11.5 Å². The molecule has 0 bridgehead atoms. The van der Waals surface area contributed by atoms with Gasteiger partial charge in [0.1, 0.15) is 0 Å². The van der Waals surface area contributed by atoms with E-state index in [-0.39, 0.29) is 17.5 Å². The minimum Gasteiger partial charge on any atom is -0.348 e. The first kappa shape index (κ1) is 13.4. The molecule has 5 heteroatoms. The highest BCUT2D eigenvalue weighted by Gasteiger charge is 2.10. The van der Waals surface area contributed by atoms with E-state index in [1.54, 1.807) is 19.3 Å². The summed E-state index contributed by atoms with van der Waals surface area (Å²) in [5.74, 6) is -0.211. The second-order valence-corrected chi connectivity index (χ2v) is 4.50. The first-order valence-electron chi connectivity index (χ1n) is 5.52. The third kappa shape index (κ3) is 4.03. The van der Waals surface area contributed by atoms with Crippen LogP contribution in [0.4, 0.5) is 0 Å². The van der Waals surface area contributed by atoms with Gasteiger partial charge in [-0.05, 0) is 27.1 Å². The standard InChI is InChI=1S/C12H19N3O2/c1-9(8-14(2)3)13-12(17)10-5-6-15(4)11(16)7-10/h5-7,9H,8H2,1-4H3,(H,13,17). The van der Waals surface area contributed by atoms with E-state index < -0.39 is 0 Å². The average molecular weight is 237 g/mol. The van der Waals surface area contributed by atoms with Crippen molar-refractivity contribution in [3.63, 3.8) is 0 Å². The molecule has 17 heavy (non-hydrogen) atoms. The van der Waals surface area contributed by atoms with Crippen molar-refractivity contribution < 1.29 is 4.79 Å². The zero-order valence-electron chi connectivity index (χ0n) is 10.7. The van der Waals surface area contributed by atoms with Crippen molar-refractivity contribution in [2.75, 3.05) is 20.6 Å². The van der Waals surface area contributed by atoms with Crippen LogP contribution in [0.1, 0.15) is 17.3 Å². The van der Waals surface area contributed by atoms with E-state index >= 15 is 0 Å². The Balaban J connectivity index is 2.70. The Kier molecular flexibility index (Phi) is 4.45. The lowest BCUT2D eigenvalue weighted by Crippen LogP contribution is -2.39. The molecule has 0 saturated heterocycles. The van der Waals surface area contributed by atoms with Crippen LogP contribution in [0, 0.1) is 0 Å². The summed E-state index contributed by atoms with van der Waals surface area (Å²) in [7, 11) is 5.54. The van der Waals surface area contributed by atoms with Crippen molar-refractivity contribution in [3.05, 3.63) is 34.2 Å². The fraction of sp³-hybridized carbons (Fsp3) is 0.500. The van der Waals surface area contributed by atoms with Gasteiger partial charge in [0.15, 0.2) is 0 Å².